The van der Waals surface area contributed by atoms with Crippen LogP contribution >= 0.6 is 11.3 Å². The third-order valence-corrected chi connectivity index (χ3v) is 5.60. The number of rotatable bonds is 6. The van der Waals surface area contributed by atoms with Crippen LogP contribution in [0.4, 0.5) is 10.8 Å². The fraction of sp³-hybridized carbons (Fsp3) is 0.118. The molecule has 0 saturated carbocycles. The summed E-state index contributed by atoms with van der Waals surface area (Å²) >= 11 is 1.30. The molecule has 0 unspecified atom stereocenters. The van der Waals surface area contributed by atoms with Crippen LogP contribution in [0.1, 0.15) is 0 Å². The number of imidazole rings is 1. The molecule has 12 nitrogen and oxygen atoms in total. The van der Waals surface area contributed by atoms with Crippen molar-refractivity contribution in [1.82, 2.24) is 19.3 Å². The Labute approximate surface area is 181 Å². The van der Waals surface area contributed by atoms with E-state index in [2.05, 4.69) is 34.4 Å². The third kappa shape index (κ3) is 5.23. The number of anilines is 1. The van der Waals surface area contributed by atoms with E-state index in [0.29, 0.717) is 29.6 Å². The van der Waals surface area contributed by atoms with Gasteiger partial charge in [-0.1, -0.05) is 12.1 Å². The van der Waals surface area contributed by atoms with Crippen molar-refractivity contribution in [2.45, 2.75) is 6.54 Å². The standard InChI is InChI=1S/C17H18N10O2S2/c18-16(19)24-17-23-13(9-30-17)11-2-1-3-12(8-11)22-15-14(25-31(28,29)26-15)21-5-7-27-6-4-20-10-27/h1-4,6,8-10H,5,7H2,(H,21,25)(H,22,26)(H4,18,19,23,24). The van der Waals surface area contributed by atoms with Gasteiger partial charge >= 0.3 is 10.2 Å². The van der Waals surface area contributed by atoms with E-state index >= 15 is 0 Å². The Morgan fingerprint density at radius 2 is 2.19 bits per heavy atom. The third-order valence-electron chi connectivity index (χ3n) is 3.99. The number of benzene rings is 1. The molecule has 3 heterocycles. The number of aliphatic imine (C=N–C) groups is 2. The molecule has 0 fully saturated rings. The molecule has 0 spiro atoms. The van der Waals surface area contributed by atoms with Crippen molar-refractivity contribution in [1.29, 1.82) is 0 Å². The van der Waals surface area contributed by atoms with E-state index in [0.717, 1.165) is 5.56 Å². The highest BCUT2D eigenvalue weighted by Gasteiger charge is 2.26. The highest BCUT2D eigenvalue weighted by atomic mass is 32.2. The Morgan fingerprint density at radius 1 is 1.32 bits per heavy atom. The van der Waals surface area contributed by atoms with Crippen molar-refractivity contribution < 1.29 is 8.42 Å². The van der Waals surface area contributed by atoms with Crippen LogP contribution in [-0.4, -0.2) is 47.1 Å². The summed E-state index contributed by atoms with van der Waals surface area (Å²) in [6.07, 6.45) is 5.12. The Bertz CT molecular complexity index is 1270. The normalized spacial score (nSPS) is 16.0. The van der Waals surface area contributed by atoms with Crippen LogP contribution in [0.25, 0.3) is 11.3 Å². The van der Waals surface area contributed by atoms with Crippen molar-refractivity contribution in [2.75, 3.05) is 11.9 Å². The molecule has 0 aliphatic carbocycles. The van der Waals surface area contributed by atoms with Gasteiger partial charge < -0.3 is 21.4 Å². The van der Waals surface area contributed by atoms with E-state index in [1.807, 2.05) is 28.1 Å². The molecule has 1 aliphatic rings. The molecule has 14 heteroatoms. The SMILES string of the molecule is NC(N)=Nc1nc(-c2cccc(NC3=NS(=O)(=O)NC3=NCCn3ccnc3)c2)cs1. The highest BCUT2D eigenvalue weighted by molar-refractivity contribution is 7.89. The molecule has 4 rings (SSSR count). The Morgan fingerprint density at radius 3 is 2.97 bits per heavy atom. The Balaban J connectivity index is 1.52. The van der Waals surface area contributed by atoms with Gasteiger partial charge in [-0.25, -0.2) is 14.7 Å². The maximum Gasteiger partial charge on any atom is 0.345 e. The van der Waals surface area contributed by atoms with Gasteiger partial charge in [0.1, 0.15) is 0 Å². The molecule has 0 atom stereocenters. The van der Waals surface area contributed by atoms with Gasteiger partial charge in [0.15, 0.2) is 17.6 Å². The molecule has 1 aliphatic heterocycles. The summed E-state index contributed by atoms with van der Waals surface area (Å²) in [7, 11) is -3.84. The lowest BCUT2D eigenvalue weighted by molar-refractivity contribution is 0.596. The van der Waals surface area contributed by atoms with Crippen molar-refractivity contribution in [3.05, 3.63) is 48.4 Å². The quantitative estimate of drug-likeness (QED) is 0.309. The summed E-state index contributed by atoms with van der Waals surface area (Å²) in [5, 5.41) is 5.27. The minimum atomic E-state index is -3.84. The smallest absolute Gasteiger partial charge is 0.345 e. The second-order valence-electron chi connectivity index (χ2n) is 6.31. The van der Waals surface area contributed by atoms with Crippen LogP contribution in [0, 0.1) is 0 Å². The van der Waals surface area contributed by atoms with Gasteiger partial charge in [-0.05, 0) is 12.1 Å². The zero-order valence-electron chi connectivity index (χ0n) is 16.0. The number of nitrogens with zero attached hydrogens (tertiary/aromatic N) is 6. The summed E-state index contributed by atoms with van der Waals surface area (Å²) in [4.78, 5) is 16.6. The van der Waals surface area contributed by atoms with Gasteiger partial charge in [0, 0.05) is 35.6 Å². The van der Waals surface area contributed by atoms with E-state index < -0.39 is 10.2 Å². The molecule has 0 saturated heterocycles. The predicted octanol–water partition coefficient (Wildman–Crippen LogP) is 0.669. The van der Waals surface area contributed by atoms with Crippen LogP contribution in [-0.2, 0) is 16.8 Å². The van der Waals surface area contributed by atoms with E-state index in [9.17, 15) is 8.42 Å². The van der Waals surface area contributed by atoms with Gasteiger partial charge in [-0.15, -0.1) is 15.7 Å². The summed E-state index contributed by atoms with van der Waals surface area (Å²) in [6, 6.07) is 7.27. The average Bonchev–Trinajstić information content (AvgIpc) is 3.43. The Kier molecular flexibility index (Phi) is 5.64. The summed E-state index contributed by atoms with van der Waals surface area (Å²) < 4.78 is 31.8. The first-order chi connectivity index (χ1) is 14.9. The van der Waals surface area contributed by atoms with Crippen molar-refractivity contribution >= 4 is 50.0 Å². The van der Waals surface area contributed by atoms with Crippen LogP contribution in [0.2, 0.25) is 0 Å². The van der Waals surface area contributed by atoms with Crippen LogP contribution < -0.4 is 21.5 Å². The van der Waals surface area contributed by atoms with E-state index in [1.54, 1.807) is 24.8 Å². The van der Waals surface area contributed by atoms with Crippen molar-refractivity contribution in [3.8, 4) is 11.3 Å². The van der Waals surface area contributed by atoms with Crippen LogP contribution in [0.3, 0.4) is 0 Å². The summed E-state index contributed by atoms with van der Waals surface area (Å²) in [5.74, 6) is 0.195. The first-order valence-electron chi connectivity index (χ1n) is 8.94. The lowest BCUT2D eigenvalue weighted by Gasteiger charge is -2.08. The van der Waals surface area contributed by atoms with Crippen molar-refractivity contribution in [2.24, 2.45) is 25.8 Å². The predicted molar refractivity (Wildman–Crippen MR) is 121 cm³/mol. The van der Waals surface area contributed by atoms with Gasteiger partial charge in [-0.3, -0.25) is 4.99 Å². The maximum atomic E-state index is 11.9. The summed E-state index contributed by atoms with van der Waals surface area (Å²) in [6.45, 7) is 0.900. The first kappa shape index (κ1) is 20.5. The number of hydrogen-bond donors (Lipinski definition) is 4. The molecular formula is C17H18N10O2S2. The number of thiazole rings is 1. The lowest BCUT2D eigenvalue weighted by Crippen LogP contribution is -2.31. The zero-order valence-corrected chi connectivity index (χ0v) is 17.6. The highest BCUT2D eigenvalue weighted by Crippen LogP contribution is 2.28. The molecule has 1 aromatic carbocycles. The topological polar surface area (TPSA) is 178 Å². The van der Waals surface area contributed by atoms with Gasteiger partial charge in [-0.2, -0.15) is 13.4 Å². The fourth-order valence-electron chi connectivity index (χ4n) is 2.69. The molecular weight excluding hydrogens is 440 g/mol. The Hall–Kier alpha value is -3.78. The molecule has 2 aromatic heterocycles. The minimum Gasteiger partial charge on any atom is -0.370 e. The minimum absolute atomic E-state index is 0.0656. The average molecular weight is 459 g/mol. The van der Waals surface area contributed by atoms with Gasteiger partial charge in [0.2, 0.25) is 5.13 Å². The van der Waals surface area contributed by atoms with Gasteiger partial charge in [0.05, 0.1) is 18.6 Å². The second-order valence-corrected chi connectivity index (χ2v) is 8.48. The van der Waals surface area contributed by atoms with Crippen molar-refractivity contribution in [3.63, 3.8) is 0 Å². The number of aromatic nitrogens is 3. The number of hydrogen-bond acceptors (Lipinski definition) is 8. The monoisotopic (exact) mass is 458 g/mol. The van der Waals surface area contributed by atoms with E-state index in [1.165, 1.54) is 11.3 Å². The number of nitrogens with two attached hydrogens (primary N) is 2. The molecule has 0 amide bonds. The number of nitrogens with one attached hydrogen (secondary N) is 2. The molecule has 3 aromatic rings. The van der Waals surface area contributed by atoms with Crippen LogP contribution in [0.5, 0.6) is 0 Å². The second kappa shape index (κ2) is 8.53. The molecule has 0 bridgehead atoms. The lowest BCUT2D eigenvalue weighted by atomic mass is 10.1. The molecule has 0 radical (unpaired) electrons. The van der Waals surface area contributed by atoms with Crippen LogP contribution in [0.15, 0.2) is 62.7 Å². The molecule has 31 heavy (non-hydrogen) atoms. The zero-order chi connectivity index (χ0) is 21.8. The number of amidine groups is 2. The maximum absolute atomic E-state index is 11.9. The van der Waals surface area contributed by atoms with Gasteiger partial charge in [0.25, 0.3) is 0 Å². The first-order valence-corrected chi connectivity index (χ1v) is 11.3. The molecule has 160 valence electrons. The fourth-order valence-corrected chi connectivity index (χ4v) is 4.23. The van der Waals surface area contributed by atoms with E-state index in [-0.39, 0.29) is 17.6 Å². The number of guanidine groups is 1. The van der Waals surface area contributed by atoms with E-state index in [4.69, 9.17) is 11.5 Å². The summed E-state index contributed by atoms with van der Waals surface area (Å²) in [5.41, 5.74) is 12.9. The molecule has 6 N–H and O–H groups in total. The largest absolute Gasteiger partial charge is 0.370 e.